The topological polar surface area (TPSA) is 55.6 Å². The summed E-state index contributed by atoms with van der Waals surface area (Å²) in [6, 6.07) is 0. The van der Waals surface area contributed by atoms with Gasteiger partial charge < -0.3 is 4.74 Å². The van der Waals surface area contributed by atoms with Crippen molar-refractivity contribution in [3.63, 3.8) is 0 Å². The Kier molecular flexibility index (Phi) is 2.11. The second kappa shape index (κ2) is 2.88. The van der Waals surface area contributed by atoms with E-state index in [1.54, 1.807) is 0 Å². The molecule has 0 aromatic carbocycles. The van der Waals surface area contributed by atoms with Crippen molar-refractivity contribution in [1.29, 1.82) is 0 Å². The number of ether oxygens (including phenoxy) is 1. The van der Waals surface area contributed by atoms with Crippen LogP contribution in [0.25, 0.3) is 0 Å². The molecule has 58 valence electrons. The lowest BCUT2D eigenvalue weighted by Gasteiger charge is -2.26. The summed E-state index contributed by atoms with van der Waals surface area (Å²) in [5.74, 6) is 5.12. The first kappa shape index (κ1) is 7.34. The van der Waals surface area contributed by atoms with Crippen LogP contribution in [0.15, 0.2) is 0 Å². The summed E-state index contributed by atoms with van der Waals surface area (Å²) in [6.07, 6.45) is 2.81. The minimum absolute atomic E-state index is 0.124. The number of carbonyl (C=O) groups excluding carboxylic acids is 1. The van der Waals surface area contributed by atoms with E-state index in [9.17, 15) is 4.79 Å². The Morgan fingerprint density at radius 3 is 2.60 bits per heavy atom. The van der Waals surface area contributed by atoms with Gasteiger partial charge in [-0.1, -0.05) is 0 Å². The third-order valence-electron chi connectivity index (χ3n) is 1.61. The minimum atomic E-state index is -0.440. The number of hydrogen-bond donors (Lipinski definition) is 1. The van der Waals surface area contributed by atoms with E-state index in [1.165, 1.54) is 7.05 Å². The van der Waals surface area contributed by atoms with Gasteiger partial charge in [-0.3, -0.25) is 0 Å². The summed E-state index contributed by atoms with van der Waals surface area (Å²) >= 11 is 0. The Hall–Kier alpha value is -0.770. The van der Waals surface area contributed by atoms with Crippen LogP contribution in [0.2, 0.25) is 0 Å². The molecule has 1 saturated carbocycles. The number of hydrazine groups is 1. The molecule has 2 N–H and O–H groups in total. The molecule has 4 heteroatoms. The van der Waals surface area contributed by atoms with Crippen molar-refractivity contribution >= 4 is 6.09 Å². The highest BCUT2D eigenvalue weighted by Gasteiger charge is 2.22. The third-order valence-corrected chi connectivity index (χ3v) is 1.61. The van der Waals surface area contributed by atoms with Gasteiger partial charge in [0.2, 0.25) is 0 Å². The molecule has 1 fully saturated rings. The van der Waals surface area contributed by atoms with Crippen LogP contribution in [-0.4, -0.2) is 24.3 Å². The molecule has 0 saturated heterocycles. The maximum absolute atomic E-state index is 10.7. The summed E-state index contributed by atoms with van der Waals surface area (Å²) in [5, 5.41) is 0.957. The largest absolute Gasteiger partial charge is 0.445 e. The zero-order valence-electron chi connectivity index (χ0n) is 6.04. The molecule has 1 rings (SSSR count). The van der Waals surface area contributed by atoms with Gasteiger partial charge >= 0.3 is 6.09 Å². The Morgan fingerprint density at radius 2 is 2.30 bits per heavy atom. The highest BCUT2D eigenvalue weighted by molar-refractivity contribution is 5.66. The van der Waals surface area contributed by atoms with E-state index in [0.717, 1.165) is 24.3 Å². The maximum atomic E-state index is 10.7. The smallest absolute Gasteiger partial charge is 0.424 e. The van der Waals surface area contributed by atoms with E-state index in [1.807, 2.05) is 0 Å². The zero-order chi connectivity index (χ0) is 7.56. The predicted molar refractivity (Wildman–Crippen MR) is 36.1 cm³/mol. The molecule has 1 amide bonds. The van der Waals surface area contributed by atoms with Crippen molar-refractivity contribution in [3.05, 3.63) is 0 Å². The van der Waals surface area contributed by atoms with E-state index in [-0.39, 0.29) is 6.10 Å². The molecule has 0 aliphatic heterocycles. The number of hydrogen-bond acceptors (Lipinski definition) is 3. The number of nitrogens with zero attached hydrogens (tertiary/aromatic N) is 1. The monoisotopic (exact) mass is 144 g/mol. The molecule has 1 aliphatic rings. The predicted octanol–water partition coefficient (Wildman–Crippen LogP) is 0.481. The van der Waals surface area contributed by atoms with Crippen LogP contribution in [0.4, 0.5) is 4.79 Å². The lowest BCUT2D eigenvalue weighted by molar-refractivity contribution is 0.0313. The second-order valence-electron chi connectivity index (χ2n) is 2.55. The molecule has 0 atom stereocenters. The number of amides is 1. The normalized spacial score (nSPS) is 17.8. The van der Waals surface area contributed by atoms with Gasteiger partial charge in [0.05, 0.1) is 0 Å². The SMILES string of the molecule is CN(N)C(=O)OC1CCC1. The van der Waals surface area contributed by atoms with E-state index in [2.05, 4.69) is 0 Å². The van der Waals surface area contributed by atoms with Crippen LogP contribution in [-0.2, 0) is 4.74 Å². The molecular weight excluding hydrogens is 132 g/mol. The van der Waals surface area contributed by atoms with Crippen LogP contribution < -0.4 is 5.84 Å². The number of carbonyl (C=O) groups is 1. The van der Waals surface area contributed by atoms with Crippen molar-refractivity contribution in [2.45, 2.75) is 25.4 Å². The van der Waals surface area contributed by atoms with Crippen molar-refractivity contribution in [2.75, 3.05) is 7.05 Å². The Morgan fingerprint density at radius 1 is 1.70 bits per heavy atom. The molecule has 0 heterocycles. The average Bonchev–Trinajstić information content (AvgIpc) is 1.77. The van der Waals surface area contributed by atoms with Crippen LogP contribution in [0.1, 0.15) is 19.3 Å². The van der Waals surface area contributed by atoms with Crippen LogP contribution in [0.3, 0.4) is 0 Å². The van der Waals surface area contributed by atoms with Gasteiger partial charge in [0.25, 0.3) is 0 Å². The first-order valence-corrected chi connectivity index (χ1v) is 3.39. The van der Waals surface area contributed by atoms with Gasteiger partial charge in [-0.25, -0.2) is 15.6 Å². The second-order valence-corrected chi connectivity index (χ2v) is 2.55. The van der Waals surface area contributed by atoms with E-state index in [4.69, 9.17) is 10.6 Å². The van der Waals surface area contributed by atoms with Gasteiger partial charge in [0.1, 0.15) is 6.10 Å². The van der Waals surface area contributed by atoms with E-state index >= 15 is 0 Å². The Balaban J connectivity index is 2.17. The first-order chi connectivity index (χ1) is 4.70. The highest BCUT2D eigenvalue weighted by atomic mass is 16.6. The fraction of sp³-hybridized carbons (Fsp3) is 0.833. The molecule has 0 aromatic rings. The summed E-state index contributed by atoms with van der Waals surface area (Å²) in [4.78, 5) is 10.7. The summed E-state index contributed by atoms with van der Waals surface area (Å²) in [6.45, 7) is 0. The summed E-state index contributed by atoms with van der Waals surface area (Å²) in [7, 11) is 1.47. The standard InChI is InChI=1S/C6H12N2O2/c1-8(7)6(9)10-5-3-2-4-5/h5H,2-4,7H2,1H3. The van der Waals surface area contributed by atoms with Crippen molar-refractivity contribution in [3.8, 4) is 0 Å². The summed E-state index contributed by atoms with van der Waals surface area (Å²) < 4.78 is 4.91. The fourth-order valence-corrected chi connectivity index (χ4v) is 0.714. The molecule has 0 radical (unpaired) electrons. The first-order valence-electron chi connectivity index (χ1n) is 3.39. The van der Waals surface area contributed by atoms with E-state index < -0.39 is 6.09 Å². The van der Waals surface area contributed by atoms with Gasteiger partial charge in [0.15, 0.2) is 0 Å². The van der Waals surface area contributed by atoms with Gasteiger partial charge in [0, 0.05) is 7.05 Å². The lowest BCUT2D eigenvalue weighted by atomic mass is 9.96. The number of nitrogens with two attached hydrogens (primary N) is 1. The molecule has 0 unspecified atom stereocenters. The van der Waals surface area contributed by atoms with Crippen LogP contribution in [0, 0.1) is 0 Å². The van der Waals surface area contributed by atoms with Gasteiger partial charge in [-0.05, 0) is 19.3 Å². The lowest BCUT2D eigenvalue weighted by Crippen LogP contribution is -2.37. The van der Waals surface area contributed by atoms with Crippen molar-refractivity contribution < 1.29 is 9.53 Å². The maximum Gasteiger partial charge on any atom is 0.424 e. The molecular formula is C6H12N2O2. The van der Waals surface area contributed by atoms with Gasteiger partial charge in [-0.2, -0.15) is 0 Å². The molecule has 10 heavy (non-hydrogen) atoms. The van der Waals surface area contributed by atoms with E-state index in [0.29, 0.717) is 0 Å². The highest BCUT2D eigenvalue weighted by Crippen LogP contribution is 2.21. The third kappa shape index (κ3) is 1.60. The molecule has 0 aromatic heterocycles. The molecule has 0 bridgehead atoms. The quantitative estimate of drug-likeness (QED) is 0.331. The Labute approximate surface area is 59.9 Å². The Bertz CT molecular complexity index is 132. The molecule has 4 nitrogen and oxygen atoms in total. The van der Waals surface area contributed by atoms with Crippen molar-refractivity contribution in [2.24, 2.45) is 5.84 Å². The average molecular weight is 144 g/mol. The minimum Gasteiger partial charge on any atom is -0.445 e. The fourth-order valence-electron chi connectivity index (χ4n) is 0.714. The molecule has 1 aliphatic carbocycles. The van der Waals surface area contributed by atoms with Crippen LogP contribution in [0.5, 0.6) is 0 Å². The van der Waals surface area contributed by atoms with Crippen LogP contribution >= 0.6 is 0 Å². The van der Waals surface area contributed by atoms with Gasteiger partial charge in [-0.15, -0.1) is 0 Å². The van der Waals surface area contributed by atoms with Crippen molar-refractivity contribution in [1.82, 2.24) is 5.01 Å². The number of rotatable bonds is 1. The zero-order valence-corrected chi connectivity index (χ0v) is 6.04. The summed E-state index contributed by atoms with van der Waals surface area (Å²) in [5.41, 5.74) is 0. The molecule has 0 spiro atoms.